The summed E-state index contributed by atoms with van der Waals surface area (Å²) in [6.07, 6.45) is 1.26. The number of nitrogens with one attached hydrogen (secondary N) is 2. The Balaban J connectivity index is 1.90. The Morgan fingerprint density at radius 1 is 1.08 bits per heavy atom. The molecule has 0 unspecified atom stereocenters. The second kappa shape index (κ2) is 8.99. The summed E-state index contributed by atoms with van der Waals surface area (Å²) >= 11 is 0. The molecule has 0 bridgehead atoms. The van der Waals surface area contributed by atoms with Crippen LogP contribution in [0, 0.1) is 11.8 Å². The molecule has 1 aliphatic heterocycles. The highest BCUT2D eigenvalue weighted by Crippen LogP contribution is 2.13. The van der Waals surface area contributed by atoms with Gasteiger partial charge in [0, 0.05) is 36.2 Å². The summed E-state index contributed by atoms with van der Waals surface area (Å²) in [5.74, 6) is 1.43. The van der Waals surface area contributed by atoms with E-state index in [1.807, 2.05) is 26.0 Å². The van der Waals surface area contributed by atoms with E-state index in [1.165, 1.54) is 11.3 Å². The third-order valence-corrected chi connectivity index (χ3v) is 4.96. The molecule has 2 atom stereocenters. The molecule has 2 rings (SSSR count). The summed E-state index contributed by atoms with van der Waals surface area (Å²) in [4.78, 5) is 27.8. The molecule has 1 aromatic carbocycles. The molecule has 0 saturated carbocycles. The third-order valence-electron chi connectivity index (χ3n) is 4.96. The van der Waals surface area contributed by atoms with Gasteiger partial charge in [0.2, 0.25) is 0 Å². The fraction of sp³-hybridized carbons (Fsp3) is 0.600. The molecule has 0 radical (unpaired) electrons. The zero-order chi connectivity index (χ0) is 18.4. The number of hydrogen-bond acceptors (Lipinski definition) is 2. The molecule has 1 heterocycles. The minimum atomic E-state index is 0.0311. The van der Waals surface area contributed by atoms with Crippen LogP contribution in [0.3, 0.4) is 0 Å². The quantitative estimate of drug-likeness (QED) is 0.823. The first kappa shape index (κ1) is 19.4. The molecule has 2 amide bonds. The number of carbonyl (C=O) groups excluding carboxylic acids is 2. The number of anilines is 1. The van der Waals surface area contributed by atoms with Crippen molar-refractivity contribution < 1.29 is 14.5 Å². The molecule has 1 fully saturated rings. The van der Waals surface area contributed by atoms with Crippen LogP contribution in [0.1, 0.15) is 44.5 Å². The Labute approximate surface area is 151 Å². The fourth-order valence-corrected chi connectivity index (χ4v) is 3.89. The number of piperidine rings is 1. The first-order valence-electron chi connectivity index (χ1n) is 9.45. The van der Waals surface area contributed by atoms with Crippen LogP contribution in [0.15, 0.2) is 24.3 Å². The van der Waals surface area contributed by atoms with Crippen molar-refractivity contribution >= 4 is 17.5 Å². The average Bonchev–Trinajstić information content (AvgIpc) is 2.55. The highest BCUT2D eigenvalue weighted by atomic mass is 16.2. The normalized spacial score (nSPS) is 23.1. The van der Waals surface area contributed by atoms with Gasteiger partial charge in [-0.3, -0.25) is 9.59 Å². The Kier molecular flexibility index (Phi) is 7.00. The average molecular weight is 346 g/mol. The number of nitrogens with zero attached hydrogens (tertiary/aromatic N) is 1. The summed E-state index contributed by atoms with van der Waals surface area (Å²) < 4.78 is 0. The van der Waals surface area contributed by atoms with Crippen LogP contribution >= 0.6 is 0 Å². The molecular weight excluding hydrogens is 314 g/mol. The van der Waals surface area contributed by atoms with Crippen molar-refractivity contribution in [1.29, 1.82) is 0 Å². The molecule has 0 aromatic heterocycles. The van der Waals surface area contributed by atoms with E-state index in [2.05, 4.69) is 19.2 Å². The van der Waals surface area contributed by atoms with Gasteiger partial charge >= 0.3 is 0 Å². The van der Waals surface area contributed by atoms with Crippen LogP contribution in [-0.2, 0) is 4.79 Å². The number of rotatable bonds is 6. The van der Waals surface area contributed by atoms with Crippen molar-refractivity contribution in [2.45, 2.75) is 34.1 Å². The molecule has 2 N–H and O–H groups in total. The molecule has 5 nitrogen and oxygen atoms in total. The standard InChI is InChI=1S/C20H31N3O2/c1-5-23(6-2)20(25)17-7-9-18(10-8-17)21-19(24)14-22-12-15(3)11-16(4)13-22/h7-10,15-16H,5-6,11-14H2,1-4H3,(H,21,24)/p+1/t15-,16-/m1/s1. The van der Waals surface area contributed by atoms with Gasteiger partial charge in [-0.25, -0.2) is 0 Å². The zero-order valence-electron chi connectivity index (χ0n) is 16.0. The Morgan fingerprint density at radius 2 is 1.64 bits per heavy atom. The van der Waals surface area contributed by atoms with E-state index in [0.29, 0.717) is 37.0 Å². The molecule has 138 valence electrons. The predicted molar refractivity (Wildman–Crippen MR) is 101 cm³/mol. The number of hydrogen-bond donors (Lipinski definition) is 2. The van der Waals surface area contributed by atoms with Gasteiger partial charge < -0.3 is 15.1 Å². The molecule has 5 heteroatoms. The number of likely N-dealkylation sites (tertiary alicyclic amines) is 1. The van der Waals surface area contributed by atoms with E-state index in [0.717, 1.165) is 18.8 Å². The van der Waals surface area contributed by atoms with Crippen molar-refractivity contribution in [2.75, 3.05) is 38.0 Å². The maximum Gasteiger partial charge on any atom is 0.279 e. The summed E-state index contributed by atoms with van der Waals surface area (Å²) in [6.45, 7) is 12.5. The maximum absolute atomic E-state index is 12.3. The van der Waals surface area contributed by atoms with Crippen LogP contribution in [0.5, 0.6) is 0 Å². The number of carbonyl (C=O) groups is 2. The lowest BCUT2D eigenvalue weighted by molar-refractivity contribution is -0.904. The molecule has 25 heavy (non-hydrogen) atoms. The van der Waals surface area contributed by atoms with Gasteiger partial charge in [-0.05, 0) is 44.5 Å². The number of amides is 2. The third kappa shape index (κ3) is 5.56. The van der Waals surface area contributed by atoms with Crippen molar-refractivity contribution in [3.8, 4) is 0 Å². The van der Waals surface area contributed by atoms with Crippen LogP contribution in [-0.4, -0.2) is 49.4 Å². The van der Waals surface area contributed by atoms with Crippen molar-refractivity contribution in [1.82, 2.24) is 4.90 Å². The largest absolute Gasteiger partial charge is 0.339 e. The second-order valence-electron chi connectivity index (χ2n) is 7.38. The molecule has 1 aliphatic rings. The number of quaternary nitrogens is 1. The minimum Gasteiger partial charge on any atom is -0.339 e. The monoisotopic (exact) mass is 346 g/mol. The number of benzene rings is 1. The first-order valence-corrected chi connectivity index (χ1v) is 9.45. The van der Waals surface area contributed by atoms with Crippen LogP contribution in [0.2, 0.25) is 0 Å². The van der Waals surface area contributed by atoms with E-state index in [-0.39, 0.29) is 11.8 Å². The summed E-state index contributed by atoms with van der Waals surface area (Å²) in [6, 6.07) is 7.19. The smallest absolute Gasteiger partial charge is 0.279 e. The summed E-state index contributed by atoms with van der Waals surface area (Å²) in [5, 5.41) is 2.96. The van der Waals surface area contributed by atoms with Gasteiger partial charge in [0.05, 0.1) is 13.1 Å². The van der Waals surface area contributed by atoms with E-state index >= 15 is 0 Å². The Morgan fingerprint density at radius 3 is 2.16 bits per heavy atom. The molecule has 0 aliphatic carbocycles. The SMILES string of the molecule is CCN(CC)C(=O)c1ccc(NC(=O)C[NH+]2C[C@H](C)C[C@@H](C)C2)cc1. The van der Waals surface area contributed by atoms with E-state index in [9.17, 15) is 9.59 Å². The highest BCUT2D eigenvalue weighted by molar-refractivity contribution is 5.96. The van der Waals surface area contributed by atoms with Crippen LogP contribution in [0.4, 0.5) is 5.69 Å². The lowest BCUT2D eigenvalue weighted by atomic mass is 9.92. The first-order chi connectivity index (χ1) is 11.9. The lowest BCUT2D eigenvalue weighted by Gasteiger charge is -2.31. The van der Waals surface area contributed by atoms with E-state index < -0.39 is 0 Å². The zero-order valence-corrected chi connectivity index (χ0v) is 16.0. The van der Waals surface area contributed by atoms with Gasteiger partial charge in [0.1, 0.15) is 0 Å². The van der Waals surface area contributed by atoms with Gasteiger partial charge in [-0.2, -0.15) is 0 Å². The van der Waals surface area contributed by atoms with Crippen molar-refractivity contribution in [3.63, 3.8) is 0 Å². The predicted octanol–water partition coefficient (Wildman–Crippen LogP) is 1.67. The van der Waals surface area contributed by atoms with Crippen molar-refractivity contribution in [2.24, 2.45) is 11.8 Å². The maximum atomic E-state index is 12.3. The molecule has 0 spiro atoms. The van der Waals surface area contributed by atoms with E-state index in [4.69, 9.17) is 0 Å². The van der Waals surface area contributed by atoms with Gasteiger partial charge in [-0.15, -0.1) is 0 Å². The Hall–Kier alpha value is -1.88. The summed E-state index contributed by atoms with van der Waals surface area (Å²) in [7, 11) is 0. The van der Waals surface area contributed by atoms with Crippen LogP contribution in [0.25, 0.3) is 0 Å². The van der Waals surface area contributed by atoms with Gasteiger partial charge in [0.15, 0.2) is 6.54 Å². The molecule has 1 saturated heterocycles. The highest BCUT2D eigenvalue weighted by Gasteiger charge is 2.26. The topological polar surface area (TPSA) is 53.9 Å². The van der Waals surface area contributed by atoms with Gasteiger partial charge in [0.25, 0.3) is 11.8 Å². The molecular formula is C20H32N3O2+. The minimum absolute atomic E-state index is 0.0311. The summed E-state index contributed by atoms with van der Waals surface area (Å²) in [5.41, 5.74) is 1.41. The molecule has 1 aromatic rings. The van der Waals surface area contributed by atoms with Crippen molar-refractivity contribution in [3.05, 3.63) is 29.8 Å². The fourth-order valence-electron chi connectivity index (χ4n) is 3.89. The Bertz CT molecular complexity index is 571. The second-order valence-corrected chi connectivity index (χ2v) is 7.38. The van der Waals surface area contributed by atoms with E-state index in [1.54, 1.807) is 17.0 Å². The van der Waals surface area contributed by atoms with Crippen LogP contribution < -0.4 is 10.2 Å². The van der Waals surface area contributed by atoms with Gasteiger partial charge in [-0.1, -0.05) is 13.8 Å². The lowest BCUT2D eigenvalue weighted by Crippen LogP contribution is -3.15.